The van der Waals surface area contributed by atoms with Gasteiger partial charge in [-0.1, -0.05) is 18.2 Å². The minimum atomic E-state index is -1.10. The molecule has 0 saturated heterocycles. The van der Waals surface area contributed by atoms with Crippen LogP contribution in [0.15, 0.2) is 30.3 Å². The Morgan fingerprint density at radius 3 is 2.35 bits per heavy atom. The van der Waals surface area contributed by atoms with Crippen molar-refractivity contribution >= 4 is 40.8 Å². The number of esters is 1. The lowest BCUT2D eigenvalue weighted by Crippen LogP contribution is -2.33. The Kier molecular flexibility index (Phi) is 3.98. The van der Waals surface area contributed by atoms with Crippen LogP contribution in [-0.4, -0.2) is 22.3 Å². The van der Waals surface area contributed by atoms with E-state index in [4.69, 9.17) is 27.9 Å². The van der Waals surface area contributed by atoms with Crippen LogP contribution in [0, 0.1) is 5.41 Å². The number of benzene rings is 1. The van der Waals surface area contributed by atoms with Crippen LogP contribution in [0.5, 0.6) is 0 Å². The van der Waals surface area contributed by atoms with Crippen molar-refractivity contribution in [3.05, 3.63) is 30.3 Å². The molecule has 108 valence electrons. The van der Waals surface area contributed by atoms with E-state index >= 15 is 0 Å². The fraction of sp³-hybridized carbons (Fsp3) is 0.429. The molecular formula is C14H15Cl2NO3. The minimum Gasteiger partial charge on any atom is -0.452 e. The number of hydrogen-bond donors (Lipinski definition) is 1. The predicted molar refractivity (Wildman–Crippen MR) is 77.8 cm³/mol. The number of amides is 1. The average Bonchev–Trinajstić information content (AvgIpc) is 2.91. The zero-order chi connectivity index (χ0) is 15.0. The number of para-hydroxylation sites is 1. The van der Waals surface area contributed by atoms with E-state index in [9.17, 15) is 9.59 Å². The maximum absolute atomic E-state index is 11.9. The van der Waals surface area contributed by atoms with Crippen LogP contribution in [0.4, 0.5) is 5.69 Å². The van der Waals surface area contributed by atoms with Gasteiger partial charge in [0.1, 0.15) is 9.75 Å². The van der Waals surface area contributed by atoms with Crippen molar-refractivity contribution in [1.29, 1.82) is 0 Å². The van der Waals surface area contributed by atoms with E-state index in [1.807, 2.05) is 6.07 Å². The Bertz CT molecular complexity index is 532. The molecular weight excluding hydrogens is 301 g/mol. The lowest BCUT2D eigenvalue weighted by atomic mass is 10.1. The highest BCUT2D eigenvalue weighted by atomic mass is 35.5. The van der Waals surface area contributed by atoms with Gasteiger partial charge >= 0.3 is 5.97 Å². The van der Waals surface area contributed by atoms with Crippen molar-refractivity contribution < 1.29 is 14.3 Å². The number of anilines is 1. The zero-order valence-corrected chi connectivity index (χ0v) is 12.7. The molecule has 1 N–H and O–H groups in total. The molecule has 0 heterocycles. The van der Waals surface area contributed by atoms with Crippen LogP contribution in [0.1, 0.15) is 20.3 Å². The minimum absolute atomic E-state index is 0.328. The van der Waals surface area contributed by atoms with Gasteiger partial charge in [-0.3, -0.25) is 9.59 Å². The fourth-order valence-corrected chi connectivity index (χ4v) is 2.42. The van der Waals surface area contributed by atoms with Crippen molar-refractivity contribution in [3.8, 4) is 0 Å². The molecule has 20 heavy (non-hydrogen) atoms. The Morgan fingerprint density at radius 2 is 1.85 bits per heavy atom. The summed E-state index contributed by atoms with van der Waals surface area (Å²) in [5, 5.41) is 2.66. The molecule has 1 saturated carbocycles. The average molecular weight is 316 g/mol. The molecule has 1 amide bonds. The van der Waals surface area contributed by atoms with Crippen LogP contribution < -0.4 is 5.32 Å². The molecule has 2 rings (SSSR count). The first-order valence-corrected chi connectivity index (χ1v) is 6.97. The smallest absolute Gasteiger partial charge is 0.315 e. The highest BCUT2D eigenvalue weighted by Gasteiger charge is 2.69. The van der Waals surface area contributed by atoms with E-state index in [0.29, 0.717) is 12.1 Å². The summed E-state index contributed by atoms with van der Waals surface area (Å²) in [5.41, 5.74) is -0.292. The first kappa shape index (κ1) is 15.1. The van der Waals surface area contributed by atoms with Gasteiger partial charge in [0.15, 0.2) is 6.10 Å². The van der Waals surface area contributed by atoms with Gasteiger partial charge in [0.25, 0.3) is 5.91 Å². The molecule has 6 heteroatoms. The summed E-state index contributed by atoms with van der Waals surface area (Å²) in [6.45, 7) is 3.13. The molecule has 0 bridgehead atoms. The Balaban J connectivity index is 1.91. The van der Waals surface area contributed by atoms with Gasteiger partial charge in [-0.25, -0.2) is 0 Å². The maximum atomic E-state index is 11.9. The van der Waals surface area contributed by atoms with Crippen molar-refractivity contribution in [2.45, 2.75) is 30.7 Å². The van der Waals surface area contributed by atoms with E-state index in [0.717, 1.165) is 0 Å². The molecule has 0 aromatic heterocycles. The van der Waals surface area contributed by atoms with Crippen LogP contribution >= 0.6 is 23.2 Å². The summed E-state index contributed by atoms with van der Waals surface area (Å²) in [6.07, 6.45) is -0.584. The summed E-state index contributed by atoms with van der Waals surface area (Å²) >= 11 is 11.8. The molecule has 0 aliphatic heterocycles. The molecule has 1 fully saturated rings. The summed E-state index contributed by atoms with van der Waals surface area (Å²) in [5.74, 6) is -0.957. The van der Waals surface area contributed by atoms with Crippen molar-refractivity contribution in [2.24, 2.45) is 5.41 Å². The third kappa shape index (κ3) is 2.91. The number of carbonyl (C=O) groups is 2. The second-order valence-corrected chi connectivity index (χ2v) is 6.60. The monoisotopic (exact) mass is 315 g/mol. The predicted octanol–water partition coefficient (Wildman–Crippen LogP) is 3.14. The number of rotatable bonds is 4. The lowest BCUT2D eigenvalue weighted by molar-refractivity contribution is -0.158. The largest absolute Gasteiger partial charge is 0.452 e. The SMILES string of the molecule is C[C@H](OC(=O)[C@@]1(C)CC1(Cl)Cl)C(=O)Nc1ccccc1. The summed E-state index contributed by atoms with van der Waals surface area (Å²) in [6, 6.07) is 8.93. The van der Waals surface area contributed by atoms with E-state index in [-0.39, 0.29) is 0 Å². The third-order valence-corrected chi connectivity index (χ3v) is 4.50. The second-order valence-electron chi connectivity index (χ2n) is 5.12. The van der Waals surface area contributed by atoms with Gasteiger partial charge in [0.2, 0.25) is 0 Å². The van der Waals surface area contributed by atoms with Crippen molar-refractivity contribution in [3.63, 3.8) is 0 Å². The highest BCUT2D eigenvalue weighted by molar-refractivity contribution is 6.53. The maximum Gasteiger partial charge on any atom is 0.315 e. The number of alkyl halides is 2. The van der Waals surface area contributed by atoms with Gasteiger partial charge in [0, 0.05) is 12.1 Å². The molecule has 0 spiro atoms. The number of hydrogen-bond acceptors (Lipinski definition) is 3. The topological polar surface area (TPSA) is 55.4 Å². The van der Waals surface area contributed by atoms with E-state index in [1.165, 1.54) is 6.92 Å². The molecule has 4 nitrogen and oxygen atoms in total. The molecule has 1 aromatic rings. The molecule has 0 radical (unpaired) electrons. The number of ether oxygens (including phenoxy) is 1. The summed E-state index contributed by atoms with van der Waals surface area (Å²) < 4.78 is 4.03. The van der Waals surface area contributed by atoms with E-state index in [2.05, 4.69) is 5.32 Å². The van der Waals surface area contributed by atoms with Crippen LogP contribution in [-0.2, 0) is 14.3 Å². The van der Waals surface area contributed by atoms with Crippen LogP contribution in [0.25, 0.3) is 0 Å². The van der Waals surface area contributed by atoms with Crippen molar-refractivity contribution in [2.75, 3.05) is 5.32 Å². The zero-order valence-electron chi connectivity index (χ0n) is 11.2. The second kappa shape index (κ2) is 5.26. The van der Waals surface area contributed by atoms with Crippen LogP contribution in [0.2, 0.25) is 0 Å². The van der Waals surface area contributed by atoms with Gasteiger partial charge in [-0.2, -0.15) is 0 Å². The Labute approximate surface area is 127 Å². The summed E-state index contributed by atoms with van der Waals surface area (Å²) in [4.78, 5) is 23.8. The first-order chi connectivity index (χ1) is 9.26. The summed E-state index contributed by atoms with van der Waals surface area (Å²) in [7, 11) is 0. The Hall–Kier alpha value is -1.26. The molecule has 0 unspecified atom stereocenters. The van der Waals surface area contributed by atoms with Gasteiger partial charge in [0.05, 0.1) is 0 Å². The normalized spacial score (nSPS) is 24.6. The standard InChI is InChI=1S/C14H15Cl2NO3/c1-9(11(18)17-10-6-4-3-5-7-10)20-12(19)13(2)8-14(13,15)16/h3-7,9H,8H2,1-2H3,(H,17,18)/t9-,13+/m0/s1. The van der Waals surface area contributed by atoms with Crippen molar-refractivity contribution in [1.82, 2.24) is 0 Å². The van der Waals surface area contributed by atoms with Gasteiger partial charge < -0.3 is 10.1 Å². The van der Waals surface area contributed by atoms with E-state index < -0.39 is 27.7 Å². The first-order valence-electron chi connectivity index (χ1n) is 6.21. The highest BCUT2D eigenvalue weighted by Crippen LogP contribution is 2.64. The number of nitrogens with one attached hydrogen (secondary N) is 1. The number of halogens is 2. The number of carbonyl (C=O) groups excluding carboxylic acids is 2. The van der Waals surface area contributed by atoms with E-state index in [1.54, 1.807) is 31.2 Å². The Morgan fingerprint density at radius 1 is 1.30 bits per heavy atom. The molecule has 1 aliphatic carbocycles. The van der Waals surface area contributed by atoms with Crippen LogP contribution in [0.3, 0.4) is 0 Å². The molecule has 1 aromatic carbocycles. The molecule has 2 atom stereocenters. The lowest BCUT2D eigenvalue weighted by Gasteiger charge is -2.17. The quantitative estimate of drug-likeness (QED) is 0.686. The van der Waals surface area contributed by atoms with Gasteiger partial charge in [-0.15, -0.1) is 23.2 Å². The molecule has 1 aliphatic rings. The fourth-order valence-electron chi connectivity index (χ4n) is 1.73. The van der Waals surface area contributed by atoms with Gasteiger partial charge in [-0.05, 0) is 26.0 Å². The third-order valence-electron chi connectivity index (χ3n) is 3.40.